The van der Waals surface area contributed by atoms with Crippen LogP contribution >= 0.6 is 0 Å². The van der Waals surface area contributed by atoms with Gasteiger partial charge in [-0.2, -0.15) is 4.31 Å². The molecule has 2 aliphatic heterocycles. The Morgan fingerprint density at radius 1 is 1.25 bits per heavy atom. The van der Waals surface area contributed by atoms with Gasteiger partial charge < -0.3 is 9.47 Å². The van der Waals surface area contributed by atoms with Crippen molar-refractivity contribution in [1.29, 1.82) is 0 Å². The maximum Gasteiger partial charge on any atom is 0.221 e. The fraction of sp³-hybridized carbons (Fsp3) is 0.647. The van der Waals surface area contributed by atoms with Gasteiger partial charge >= 0.3 is 0 Å². The highest BCUT2D eigenvalue weighted by Crippen LogP contribution is 2.25. The standard InChI is InChI=1S/C17H26N2O4S/c1-3-23-17-7-5-4-6-15(17)11-18-8-9-19(14(2)10-18)24(20,21)16-12-22-13-16/h4-7,14,16H,3,8-13H2,1-2H3. The topological polar surface area (TPSA) is 59.1 Å². The summed E-state index contributed by atoms with van der Waals surface area (Å²) in [7, 11) is -3.23. The molecule has 0 bridgehead atoms. The summed E-state index contributed by atoms with van der Waals surface area (Å²) in [5, 5.41) is -0.356. The maximum atomic E-state index is 12.6. The Bertz CT molecular complexity index is 660. The number of sulfonamides is 1. The lowest BCUT2D eigenvalue weighted by molar-refractivity contribution is 0.0365. The number of hydrogen-bond acceptors (Lipinski definition) is 5. The molecule has 2 aliphatic rings. The molecule has 0 saturated carbocycles. The van der Waals surface area contributed by atoms with Crippen LogP contribution in [0.1, 0.15) is 19.4 Å². The number of hydrogen-bond donors (Lipinski definition) is 0. The van der Waals surface area contributed by atoms with Gasteiger partial charge in [-0.1, -0.05) is 18.2 Å². The zero-order chi connectivity index (χ0) is 17.2. The molecule has 2 fully saturated rings. The van der Waals surface area contributed by atoms with Crippen LogP contribution in [0.4, 0.5) is 0 Å². The number of ether oxygens (including phenoxy) is 2. The lowest BCUT2D eigenvalue weighted by Gasteiger charge is -2.41. The summed E-state index contributed by atoms with van der Waals surface area (Å²) in [6.45, 7) is 8.05. The van der Waals surface area contributed by atoms with E-state index < -0.39 is 10.0 Å². The van der Waals surface area contributed by atoms with Crippen molar-refractivity contribution in [2.24, 2.45) is 0 Å². The summed E-state index contributed by atoms with van der Waals surface area (Å²) in [5.41, 5.74) is 1.15. The van der Waals surface area contributed by atoms with Crippen LogP contribution in [0.3, 0.4) is 0 Å². The van der Waals surface area contributed by atoms with Crippen LogP contribution in [0.15, 0.2) is 24.3 Å². The van der Waals surface area contributed by atoms with Crippen LogP contribution in [0, 0.1) is 0 Å². The van der Waals surface area contributed by atoms with Gasteiger partial charge in [0, 0.05) is 37.8 Å². The summed E-state index contributed by atoms with van der Waals surface area (Å²) in [4.78, 5) is 2.30. The van der Waals surface area contributed by atoms with Crippen molar-refractivity contribution in [3.63, 3.8) is 0 Å². The van der Waals surface area contributed by atoms with Crippen LogP contribution in [0.25, 0.3) is 0 Å². The summed E-state index contributed by atoms with van der Waals surface area (Å²) in [5.74, 6) is 0.911. The summed E-state index contributed by atoms with van der Waals surface area (Å²) >= 11 is 0. The Labute approximate surface area is 144 Å². The lowest BCUT2D eigenvalue weighted by Crippen LogP contribution is -2.58. The van der Waals surface area contributed by atoms with Gasteiger partial charge in [-0.25, -0.2) is 8.42 Å². The summed E-state index contributed by atoms with van der Waals surface area (Å²) in [6, 6.07) is 8.02. The molecule has 0 aromatic heterocycles. The molecule has 0 N–H and O–H groups in total. The first-order chi connectivity index (χ1) is 11.5. The third-order valence-corrected chi connectivity index (χ3v) is 6.98. The quantitative estimate of drug-likeness (QED) is 0.771. The molecule has 2 heterocycles. The van der Waals surface area contributed by atoms with Crippen LogP contribution in [-0.4, -0.2) is 68.4 Å². The number of nitrogens with zero attached hydrogens (tertiary/aromatic N) is 2. The minimum absolute atomic E-state index is 0.0244. The molecule has 0 aliphatic carbocycles. The smallest absolute Gasteiger partial charge is 0.221 e. The van der Waals surface area contributed by atoms with Gasteiger partial charge in [0.1, 0.15) is 11.0 Å². The predicted molar refractivity (Wildman–Crippen MR) is 92.6 cm³/mol. The number of piperazine rings is 1. The molecule has 1 aromatic carbocycles. The Hall–Kier alpha value is -1.15. The van der Waals surface area contributed by atoms with Gasteiger partial charge in [0.25, 0.3) is 0 Å². The van der Waals surface area contributed by atoms with Crippen LogP contribution in [0.2, 0.25) is 0 Å². The fourth-order valence-corrected chi connectivity index (χ4v) is 5.11. The molecular weight excluding hydrogens is 328 g/mol. The second-order valence-electron chi connectivity index (χ2n) is 6.44. The van der Waals surface area contributed by atoms with Crippen LogP contribution in [-0.2, 0) is 21.3 Å². The second-order valence-corrected chi connectivity index (χ2v) is 8.61. The SMILES string of the molecule is CCOc1ccccc1CN1CCN(S(=O)(=O)C2COC2)C(C)C1. The molecule has 1 atom stereocenters. The molecule has 7 heteroatoms. The molecule has 1 aromatic rings. The van der Waals surface area contributed by atoms with E-state index in [1.807, 2.05) is 32.0 Å². The molecule has 2 saturated heterocycles. The van der Waals surface area contributed by atoms with Crippen molar-refractivity contribution in [1.82, 2.24) is 9.21 Å². The first-order valence-corrected chi connectivity index (χ1v) is 10.0. The van der Waals surface area contributed by atoms with Crippen molar-refractivity contribution in [2.75, 3.05) is 39.5 Å². The average Bonchev–Trinajstić information content (AvgIpc) is 2.47. The van der Waals surface area contributed by atoms with Crippen LogP contribution in [0.5, 0.6) is 5.75 Å². The Kier molecular flexibility index (Phi) is 5.44. The van der Waals surface area contributed by atoms with Crippen molar-refractivity contribution in [2.45, 2.75) is 31.7 Å². The lowest BCUT2D eigenvalue weighted by atomic mass is 10.1. The van der Waals surface area contributed by atoms with E-state index in [-0.39, 0.29) is 11.3 Å². The van der Waals surface area contributed by atoms with E-state index in [0.717, 1.165) is 30.9 Å². The first-order valence-electron chi connectivity index (χ1n) is 8.53. The van der Waals surface area contributed by atoms with Gasteiger partial charge in [0.15, 0.2) is 0 Å². The molecule has 0 radical (unpaired) electrons. The van der Waals surface area contributed by atoms with Gasteiger partial charge in [-0.3, -0.25) is 4.90 Å². The van der Waals surface area contributed by atoms with E-state index in [1.165, 1.54) is 0 Å². The molecule has 0 amide bonds. The summed E-state index contributed by atoms with van der Waals surface area (Å²) in [6.07, 6.45) is 0. The van der Waals surface area contributed by atoms with Crippen molar-refractivity contribution in [3.05, 3.63) is 29.8 Å². The van der Waals surface area contributed by atoms with E-state index in [4.69, 9.17) is 9.47 Å². The van der Waals surface area contributed by atoms with Gasteiger partial charge in [-0.15, -0.1) is 0 Å². The highest BCUT2D eigenvalue weighted by molar-refractivity contribution is 7.89. The predicted octanol–water partition coefficient (Wildman–Crippen LogP) is 1.32. The largest absolute Gasteiger partial charge is 0.494 e. The molecule has 134 valence electrons. The first kappa shape index (κ1) is 17.7. The van der Waals surface area contributed by atoms with Gasteiger partial charge in [0.2, 0.25) is 10.0 Å². The molecule has 6 nitrogen and oxygen atoms in total. The second kappa shape index (κ2) is 7.39. The number of benzene rings is 1. The Morgan fingerprint density at radius 2 is 2.00 bits per heavy atom. The molecular formula is C17H26N2O4S. The fourth-order valence-electron chi connectivity index (χ4n) is 3.29. The van der Waals surface area contributed by atoms with Gasteiger partial charge in [-0.05, 0) is 19.9 Å². The number of para-hydroxylation sites is 1. The Morgan fingerprint density at radius 3 is 2.62 bits per heavy atom. The zero-order valence-electron chi connectivity index (χ0n) is 14.3. The Balaban J connectivity index is 1.64. The third kappa shape index (κ3) is 3.59. The average molecular weight is 354 g/mol. The van der Waals surface area contributed by atoms with Gasteiger partial charge in [0.05, 0.1) is 19.8 Å². The monoisotopic (exact) mass is 354 g/mol. The van der Waals surface area contributed by atoms with E-state index in [0.29, 0.717) is 26.4 Å². The van der Waals surface area contributed by atoms with E-state index in [2.05, 4.69) is 11.0 Å². The van der Waals surface area contributed by atoms with E-state index >= 15 is 0 Å². The van der Waals surface area contributed by atoms with Crippen LogP contribution < -0.4 is 4.74 Å². The minimum Gasteiger partial charge on any atom is -0.494 e. The third-order valence-electron chi connectivity index (χ3n) is 4.67. The molecule has 0 spiro atoms. The van der Waals surface area contributed by atoms with Crippen molar-refractivity contribution < 1.29 is 17.9 Å². The minimum atomic E-state index is -3.23. The highest BCUT2D eigenvalue weighted by atomic mass is 32.2. The normalized spacial score (nSPS) is 23.8. The number of rotatable bonds is 6. The highest BCUT2D eigenvalue weighted by Gasteiger charge is 2.41. The molecule has 24 heavy (non-hydrogen) atoms. The summed E-state index contributed by atoms with van der Waals surface area (Å²) < 4.78 is 37.6. The van der Waals surface area contributed by atoms with Crippen molar-refractivity contribution in [3.8, 4) is 5.75 Å². The van der Waals surface area contributed by atoms with E-state index in [1.54, 1.807) is 4.31 Å². The van der Waals surface area contributed by atoms with Crippen molar-refractivity contribution >= 4 is 10.0 Å². The zero-order valence-corrected chi connectivity index (χ0v) is 15.2. The molecule has 1 unspecified atom stereocenters. The van der Waals surface area contributed by atoms with E-state index in [9.17, 15) is 8.42 Å². The maximum absolute atomic E-state index is 12.6. The molecule has 3 rings (SSSR count).